The first-order chi connectivity index (χ1) is 7.95. The summed E-state index contributed by atoms with van der Waals surface area (Å²) in [5.74, 6) is 0. The summed E-state index contributed by atoms with van der Waals surface area (Å²) >= 11 is 0. The smallest absolute Gasteiger partial charge is 0.315 e. The largest absolute Gasteiger partial charge is 0.382 e. The molecule has 0 bridgehead atoms. The van der Waals surface area contributed by atoms with Crippen LogP contribution in [-0.2, 0) is 0 Å². The summed E-state index contributed by atoms with van der Waals surface area (Å²) in [6, 6.07) is 5.61. The Hall–Kier alpha value is -1.78. The number of para-hydroxylation sites is 1. The Morgan fingerprint density at radius 1 is 1.41 bits per heavy atom. The summed E-state index contributed by atoms with van der Waals surface area (Å²) in [4.78, 5) is 10.7. The van der Waals surface area contributed by atoms with Crippen molar-refractivity contribution in [2.24, 2.45) is 5.41 Å². The third kappa shape index (κ3) is 2.18. The number of hydrogen-bond donors (Lipinski definition) is 2. The molecule has 17 heavy (non-hydrogen) atoms. The maximum absolute atomic E-state index is 11.1. The Morgan fingerprint density at radius 3 is 2.47 bits per heavy atom. The summed E-state index contributed by atoms with van der Waals surface area (Å²) in [7, 11) is 1.69. The first-order valence-corrected chi connectivity index (χ1v) is 5.67. The molecule has 1 aromatic rings. The minimum atomic E-state index is -0.344. The van der Waals surface area contributed by atoms with Crippen molar-refractivity contribution in [3.8, 4) is 0 Å². The minimum Gasteiger partial charge on any atom is -0.382 e. The van der Waals surface area contributed by atoms with E-state index in [-0.39, 0.29) is 16.0 Å². The van der Waals surface area contributed by atoms with Gasteiger partial charge in [0, 0.05) is 13.1 Å². The molecule has 0 spiro atoms. The van der Waals surface area contributed by atoms with Crippen LogP contribution in [-0.4, -0.2) is 18.0 Å². The SMILES string of the molecule is CNc1cccc(NC2CC2(C)C)c1[N+](=O)[O-]. The van der Waals surface area contributed by atoms with Gasteiger partial charge in [0.25, 0.3) is 0 Å². The van der Waals surface area contributed by atoms with Crippen molar-refractivity contribution in [1.82, 2.24) is 0 Å². The molecule has 1 aromatic carbocycles. The van der Waals surface area contributed by atoms with Crippen molar-refractivity contribution >= 4 is 17.1 Å². The van der Waals surface area contributed by atoms with Crippen LogP contribution in [0.4, 0.5) is 17.1 Å². The number of nitrogens with one attached hydrogen (secondary N) is 2. The molecule has 0 radical (unpaired) electrons. The topological polar surface area (TPSA) is 67.2 Å². The minimum absolute atomic E-state index is 0.123. The maximum atomic E-state index is 11.1. The molecule has 1 aliphatic carbocycles. The van der Waals surface area contributed by atoms with Crippen LogP contribution in [0, 0.1) is 15.5 Å². The Morgan fingerprint density at radius 2 is 2.00 bits per heavy atom. The van der Waals surface area contributed by atoms with Gasteiger partial charge in [-0.3, -0.25) is 10.1 Å². The molecule has 0 heterocycles. The number of benzene rings is 1. The molecule has 0 aromatic heterocycles. The van der Waals surface area contributed by atoms with Crippen LogP contribution in [0.5, 0.6) is 0 Å². The molecular weight excluding hydrogens is 218 g/mol. The molecule has 0 saturated heterocycles. The van der Waals surface area contributed by atoms with Crippen LogP contribution in [0.1, 0.15) is 20.3 Å². The third-order valence-electron chi connectivity index (χ3n) is 3.33. The molecule has 1 saturated carbocycles. The van der Waals surface area contributed by atoms with E-state index in [1.807, 2.05) is 6.07 Å². The zero-order chi connectivity index (χ0) is 12.6. The number of nitrogens with zero attached hydrogens (tertiary/aromatic N) is 1. The summed E-state index contributed by atoms with van der Waals surface area (Å²) in [5, 5.41) is 17.2. The highest BCUT2D eigenvalue weighted by Crippen LogP contribution is 2.48. The van der Waals surface area contributed by atoms with E-state index in [4.69, 9.17) is 0 Å². The molecule has 92 valence electrons. The van der Waals surface area contributed by atoms with Gasteiger partial charge in [0.1, 0.15) is 11.4 Å². The van der Waals surface area contributed by atoms with Gasteiger partial charge in [-0.05, 0) is 24.0 Å². The van der Waals surface area contributed by atoms with Gasteiger partial charge in [-0.1, -0.05) is 19.9 Å². The number of hydrogen-bond acceptors (Lipinski definition) is 4. The van der Waals surface area contributed by atoms with E-state index in [0.717, 1.165) is 6.42 Å². The first-order valence-electron chi connectivity index (χ1n) is 5.67. The Bertz CT molecular complexity index is 457. The standard InChI is InChI=1S/C12H17N3O2/c1-12(2)7-10(12)14-9-6-4-5-8(13-3)11(9)15(16)17/h4-6,10,13-14H,7H2,1-3H3. The highest BCUT2D eigenvalue weighted by molar-refractivity contribution is 5.76. The van der Waals surface area contributed by atoms with Crippen LogP contribution in [0.3, 0.4) is 0 Å². The van der Waals surface area contributed by atoms with E-state index in [0.29, 0.717) is 17.4 Å². The van der Waals surface area contributed by atoms with E-state index < -0.39 is 0 Å². The lowest BCUT2D eigenvalue weighted by Crippen LogP contribution is -2.10. The monoisotopic (exact) mass is 235 g/mol. The van der Waals surface area contributed by atoms with Gasteiger partial charge in [-0.25, -0.2) is 0 Å². The molecule has 1 aliphatic rings. The Kier molecular flexibility index (Phi) is 2.69. The van der Waals surface area contributed by atoms with E-state index in [9.17, 15) is 10.1 Å². The van der Waals surface area contributed by atoms with Gasteiger partial charge in [0.2, 0.25) is 0 Å². The number of nitro benzene ring substituents is 1. The molecule has 0 aliphatic heterocycles. The van der Waals surface area contributed by atoms with Gasteiger partial charge >= 0.3 is 5.69 Å². The van der Waals surface area contributed by atoms with Crippen LogP contribution in [0.25, 0.3) is 0 Å². The van der Waals surface area contributed by atoms with Crippen molar-refractivity contribution in [3.05, 3.63) is 28.3 Å². The lowest BCUT2D eigenvalue weighted by atomic mass is 10.1. The first kappa shape index (κ1) is 11.7. The van der Waals surface area contributed by atoms with Crippen molar-refractivity contribution in [1.29, 1.82) is 0 Å². The molecule has 5 nitrogen and oxygen atoms in total. The molecule has 1 unspecified atom stereocenters. The van der Waals surface area contributed by atoms with Crippen molar-refractivity contribution in [3.63, 3.8) is 0 Å². The second-order valence-electron chi connectivity index (χ2n) is 5.10. The van der Waals surface area contributed by atoms with Gasteiger partial charge in [-0.2, -0.15) is 0 Å². The lowest BCUT2D eigenvalue weighted by molar-refractivity contribution is -0.383. The zero-order valence-electron chi connectivity index (χ0n) is 10.3. The predicted molar refractivity (Wildman–Crippen MR) is 68.5 cm³/mol. The summed E-state index contributed by atoms with van der Waals surface area (Å²) in [5.41, 5.74) is 1.50. The Labute approximate surface area is 100 Å². The number of nitro groups is 1. The second-order valence-corrected chi connectivity index (χ2v) is 5.10. The Balaban J connectivity index is 2.30. The fraction of sp³-hybridized carbons (Fsp3) is 0.500. The van der Waals surface area contributed by atoms with Crippen molar-refractivity contribution in [2.45, 2.75) is 26.3 Å². The molecule has 5 heteroatoms. The highest BCUT2D eigenvalue weighted by atomic mass is 16.6. The summed E-state index contributed by atoms with van der Waals surface area (Å²) in [6.07, 6.45) is 1.05. The zero-order valence-corrected chi connectivity index (χ0v) is 10.3. The molecule has 2 N–H and O–H groups in total. The number of anilines is 2. The summed E-state index contributed by atoms with van der Waals surface area (Å²) < 4.78 is 0. The molecule has 2 rings (SSSR count). The van der Waals surface area contributed by atoms with E-state index in [1.54, 1.807) is 19.2 Å². The average molecular weight is 235 g/mol. The van der Waals surface area contributed by atoms with Crippen LogP contribution < -0.4 is 10.6 Å². The van der Waals surface area contributed by atoms with E-state index in [2.05, 4.69) is 24.5 Å². The normalized spacial score (nSPS) is 20.8. The second kappa shape index (κ2) is 3.91. The van der Waals surface area contributed by atoms with Crippen molar-refractivity contribution < 1.29 is 4.92 Å². The molecule has 0 amide bonds. The maximum Gasteiger partial charge on any atom is 0.315 e. The lowest BCUT2D eigenvalue weighted by Gasteiger charge is -2.11. The fourth-order valence-electron chi connectivity index (χ4n) is 1.96. The molecule has 1 atom stereocenters. The number of rotatable bonds is 4. The van der Waals surface area contributed by atoms with Crippen LogP contribution >= 0.6 is 0 Å². The van der Waals surface area contributed by atoms with E-state index in [1.165, 1.54) is 0 Å². The molecular formula is C12H17N3O2. The van der Waals surface area contributed by atoms with Gasteiger partial charge in [0.05, 0.1) is 4.92 Å². The molecule has 1 fully saturated rings. The predicted octanol–water partition coefficient (Wildman–Crippen LogP) is 2.85. The quantitative estimate of drug-likeness (QED) is 0.622. The fourth-order valence-corrected chi connectivity index (χ4v) is 1.96. The van der Waals surface area contributed by atoms with Gasteiger partial charge in [0.15, 0.2) is 0 Å². The summed E-state index contributed by atoms with van der Waals surface area (Å²) in [6.45, 7) is 4.30. The van der Waals surface area contributed by atoms with E-state index >= 15 is 0 Å². The third-order valence-corrected chi connectivity index (χ3v) is 3.33. The van der Waals surface area contributed by atoms with Crippen LogP contribution in [0.2, 0.25) is 0 Å². The van der Waals surface area contributed by atoms with Gasteiger partial charge < -0.3 is 10.6 Å². The van der Waals surface area contributed by atoms with Crippen molar-refractivity contribution in [2.75, 3.05) is 17.7 Å². The average Bonchev–Trinajstić information content (AvgIpc) is 2.85. The van der Waals surface area contributed by atoms with Gasteiger partial charge in [-0.15, -0.1) is 0 Å². The van der Waals surface area contributed by atoms with Crippen LogP contribution in [0.15, 0.2) is 18.2 Å². The highest BCUT2D eigenvalue weighted by Gasteiger charge is 2.46.